The maximum atomic E-state index is 12.5. The monoisotopic (exact) mass is 340 g/mol. The van der Waals surface area contributed by atoms with Gasteiger partial charge in [-0.15, -0.1) is 0 Å². The van der Waals surface area contributed by atoms with Crippen molar-refractivity contribution in [3.63, 3.8) is 0 Å². The molecule has 0 spiro atoms. The molecule has 0 aliphatic rings. The number of hydrogen-bond acceptors (Lipinski definition) is 4. The second kappa shape index (κ2) is 7.36. The fourth-order valence-corrected chi connectivity index (χ4v) is 2.69. The predicted molar refractivity (Wildman–Crippen MR) is 95.4 cm³/mol. The summed E-state index contributed by atoms with van der Waals surface area (Å²) in [5.41, 5.74) is 2.51. The Morgan fingerprint density at radius 1 is 1.28 bits per heavy atom. The molecule has 0 radical (unpaired) electrons. The number of benzene rings is 1. The number of methoxy groups -OCH3 is 1. The number of carbonyl (C=O) groups is 1. The highest BCUT2D eigenvalue weighted by Crippen LogP contribution is 2.29. The molecule has 0 aliphatic heterocycles. The van der Waals surface area contributed by atoms with Crippen LogP contribution < -0.4 is 14.4 Å². The van der Waals surface area contributed by atoms with Crippen molar-refractivity contribution in [3.8, 4) is 11.6 Å². The Morgan fingerprint density at radius 2 is 2.12 bits per heavy atom. The van der Waals surface area contributed by atoms with E-state index < -0.39 is 5.97 Å². The molecule has 3 rings (SSSR count). The molecule has 6 heteroatoms. The number of quaternary nitrogens is 1. The number of rotatable bonds is 6. The molecule has 2 aromatic heterocycles. The zero-order chi connectivity index (χ0) is 17.8. The second-order valence-electron chi connectivity index (χ2n) is 6.18. The second-order valence-corrected chi connectivity index (χ2v) is 6.18. The van der Waals surface area contributed by atoms with E-state index in [0.717, 1.165) is 29.4 Å². The standard InChI is InChI=1S/C19H21N3O3/c1-22(2)10-8-14-12-21-15-5-4-6-16(18(14)15)25-19(23)13-7-9-20-17(11-13)24-3/h4-7,9,11-12,21H,8,10H2,1-3H3/p+1. The molecule has 130 valence electrons. The Morgan fingerprint density at radius 3 is 2.88 bits per heavy atom. The largest absolute Gasteiger partial charge is 0.481 e. The van der Waals surface area contributed by atoms with Crippen molar-refractivity contribution < 1.29 is 19.2 Å². The van der Waals surface area contributed by atoms with E-state index in [1.807, 2.05) is 24.4 Å². The molecule has 0 atom stereocenters. The average molecular weight is 340 g/mol. The van der Waals surface area contributed by atoms with Crippen LogP contribution in [0, 0.1) is 0 Å². The topological polar surface area (TPSA) is 68.7 Å². The van der Waals surface area contributed by atoms with Crippen molar-refractivity contribution in [1.29, 1.82) is 0 Å². The lowest BCUT2D eigenvalue weighted by Gasteiger charge is -2.09. The van der Waals surface area contributed by atoms with E-state index in [1.54, 1.807) is 12.1 Å². The predicted octanol–water partition coefficient (Wildman–Crippen LogP) is 1.48. The van der Waals surface area contributed by atoms with Gasteiger partial charge in [0.15, 0.2) is 0 Å². The molecule has 3 aromatic rings. The van der Waals surface area contributed by atoms with Gasteiger partial charge in [0.2, 0.25) is 5.88 Å². The van der Waals surface area contributed by atoms with Crippen molar-refractivity contribution in [3.05, 3.63) is 53.9 Å². The van der Waals surface area contributed by atoms with Gasteiger partial charge in [-0.2, -0.15) is 0 Å². The van der Waals surface area contributed by atoms with Crippen LogP contribution in [0.2, 0.25) is 0 Å². The summed E-state index contributed by atoms with van der Waals surface area (Å²) in [6.07, 6.45) is 4.41. The van der Waals surface area contributed by atoms with E-state index >= 15 is 0 Å². The van der Waals surface area contributed by atoms with Crippen LogP contribution in [0.15, 0.2) is 42.7 Å². The first kappa shape index (κ1) is 17.0. The summed E-state index contributed by atoms with van der Waals surface area (Å²) in [5, 5.41) is 0.957. The van der Waals surface area contributed by atoms with Gasteiger partial charge >= 0.3 is 5.97 Å². The molecule has 0 saturated heterocycles. The van der Waals surface area contributed by atoms with Crippen molar-refractivity contribution >= 4 is 16.9 Å². The lowest BCUT2D eigenvalue weighted by atomic mass is 10.1. The summed E-state index contributed by atoms with van der Waals surface area (Å²) in [6, 6.07) is 8.84. The number of pyridine rings is 1. The molecule has 0 amide bonds. The van der Waals surface area contributed by atoms with Gasteiger partial charge in [-0.05, 0) is 23.8 Å². The summed E-state index contributed by atoms with van der Waals surface area (Å²) < 4.78 is 10.7. The van der Waals surface area contributed by atoms with Gasteiger partial charge in [-0.3, -0.25) is 0 Å². The van der Waals surface area contributed by atoms with Gasteiger partial charge < -0.3 is 19.4 Å². The number of H-pyrrole nitrogens is 1. The summed E-state index contributed by atoms with van der Waals surface area (Å²) >= 11 is 0. The van der Waals surface area contributed by atoms with E-state index in [4.69, 9.17) is 9.47 Å². The first-order valence-corrected chi connectivity index (χ1v) is 8.18. The van der Waals surface area contributed by atoms with Gasteiger partial charge in [0.25, 0.3) is 0 Å². The molecule has 6 nitrogen and oxygen atoms in total. The minimum absolute atomic E-state index is 0.379. The van der Waals surface area contributed by atoms with Crippen molar-refractivity contribution in [2.45, 2.75) is 6.42 Å². The van der Waals surface area contributed by atoms with Crippen LogP contribution in [0.5, 0.6) is 11.6 Å². The molecule has 1 aromatic carbocycles. The Labute approximate surface area is 146 Å². The number of aromatic amines is 1. The third-order valence-electron chi connectivity index (χ3n) is 4.03. The molecular weight excluding hydrogens is 318 g/mol. The zero-order valence-corrected chi connectivity index (χ0v) is 14.6. The molecule has 2 N–H and O–H groups in total. The number of likely N-dealkylation sites (N-methyl/N-ethyl adjacent to an activating group) is 1. The fraction of sp³-hybridized carbons (Fsp3) is 0.263. The van der Waals surface area contributed by atoms with Crippen LogP contribution in [-0.4, -0.2) is 43.7 Å². The summed E-state index contributed by atoms with van der Waals surface area (Å²) in [5.74, 6) is 0.505. The highest BCUT2D eigenvalue weighted by atomic mass is 16.5. The average Bonchev–Trinajstić information content (AvgIpc) is 3.04. The van der Waals surface area contributed by atoms with Crippen molar-refractivity contribution in [1.82, 2.24) is 9.97 Å². The first-order chi connectivity index (χ1) is 12.1. The lowest BCUT2D eigenvalue weighted by Crippen LogP contribution is -3.05. The smallest absolute Gasteiger partial charge is 0.343 e. The Bertz CT molecular complexity index is 887. The highest BCUT2D eigenvalue weighted by molar-refractivity contribution is 5.96. The van der Waals surface area contributed by atoms with Crippen molar-refractivity contribution in [2.75, 3.05) is 27.7 Å². The van der Waals surface area contributed by atoms with Gasteiger partial charge in [0.1, 0.15) is 5.75 Å². The zero-order valence-electron chi connectivity index (χ0n) is 14.6. The maximum absolute atomic E-state index is 12.5. The minimum atomic E-state index is -0.432. The van der Waals surface area contributed by atoms with Gasteiger partial charge in [-0.25, -0.2) is 9.78 Å². The number of ether oxygens (including phenoxy) is 2. The Balaban J connectivity index is 1.89. The number of aromatic nitrogens is 2. The number of hydrogen-bond donors (Lipinski definition) is 2. The van der Waals surface area contributed by atoms with E-state index in [2.05, 4.69) is 24.1 Å². The van der Waals surface area contributed by atoms with Gasteiger partial charge in [0.05, 0.1) is 33.3 Å². The molecule has 0 bridgehead atoms. The molecule has 0 saturated carbocycles. The van der Waals surface area contributed by atoms with Crippen LogP contribution in [0.3, 0.4) is 0 Å². The molecule has 0 fully saturated rings. The first-order valence-electron chi connectivity index (χ1n) is 8.18. The van der Waals surface area contributed by atoms with E-state index in [1.165, 1.54) is 18.2 Å². The number of nitrogens with one attached hydrogen (secondary N) is 2. The normalized spacial score (nSPS) is 11.0. The van der Waals surface area contributed by atoms with Gasteiger partial charge in [0, 0.05) is 35.8 Å². The Kier molecular flexibility index (Phi) is 5.00. The molecule has 25 heavy (non-hydrogen) atoms. The molecule has 2 heterocycles. The number of fused-ring (bicyclic) bond motifs is 1. The van der Waals surface area contributed by atoms with E-state index in [9.17, 15) is 4.79 Å². The Hall–Kier alpha value is -2.86. The number of esters is 1. The quantitative estimate of drug-likeness (QED) is 0.527. The third kappa shape index (κ3) is 3.80. The number of carbonyl (C=O) groups excluding carboxylic acids is 1. The molecule has 0 aliphatic carbocycles. The van der Waals surface area contributed by atoms with Crippen LogP contribution >= 0.6 is 0 Å². The fourth-order valence-electron chi connectivity index (χ4n) is 2.69. The van der Waals surface area contributed by atoms with Crippen LogP contribution in [0.4, 0.5) is 0 Å². The minimum Gasteiger partial charge on any atom is -0.481 e. The maximum Gasteiger partial charge on any atom is 0.343 e. The van der Waals surface area contributed by atoms with E-state index in [-0.39, 0.29) is 0 Å². The van der Waals surface area contributed by atoms with Crippen molar-refractivity contribution in [2.24, 2.45) is 0 Å². The SMILES string of the molecule is COc1cc(C(=O)Oc2cccc3[nH]cc(CC[NH+](C)C)c23)ccn1. The summed E-state index contributed by atoms with van der Waals surface area (Å²) in [6.45, 7) is 0.997. The van der Waals surface area contributed by atoms with Crippen LogP contribution in [-0.2, 0) is 6.42 Å². The molecular formula is C19H22N3O3+. The van der Waals surface area contributed by atoms with Gasteiger partial charge in [-0.1, -0.05) is 6.07 Å². The summed E-state index contributed by atoms with van der Waals surface area (Å²) in [7, 11) is 5.75. The molecule has 0 unspecified atom stereocenters. The summed E-state index contributed by atoms with van der Waals surface area (Å²) in [4.78, 5) is 21.1. The lowest BCUT2D eigenvalue weighted by molar-refractivity contribution is -0.858. The van der Waals surface area contributed by atoms with Crippen LogP contribution in [0.1, 0.15) is 15.9 Å². The van der Waals surface area contributed by atoms with Crippen LogP contribution in [0.25, 0.3) is 10.9 Å². The van der Waals surface area contributed by atoms with E-state index in [0.29, 0.717) is 17.2 Å². The highest BCUT2D eigenvalue weighted by Gasteiger charge is 2.15. The number of nitrogens with zero attached hydrogens (tertiary/aromatic N) is 1. The third-order valence-corrected chi connectivity index (χ3v) is 4.03.